The van der Waals surface area contributed by atoms with Gasteiger partial charge < -0.3 is 10.1 Å². The number of rotatable bonds is 5. The van der Waals surface area contributed by atoms with Gasteiger partial charge >= 0.3 is 0 Å². The minimum Gasteiger partial charge on any atom is -0.497 e. The molecule has 1 N–H and O–H groups in total. The number of carbonyl (C=O) groups is 1. The normalized spacial score (nSPS) is 10.6. The third-order valence-corrected chi connectivity index (χ3v) is 4.38. The summed E-state index contributed by atoms with van der Waals surface area (Å²) in [7, 11) is 1.61. The average molecular weight is 339 g/mol. The highest BCUT2D eigenvalue weighted by molar-refractivity contribution is 8.00. The largest absolute Gasteiger partial charge is 0.497 e. The van der Waals surface area contributed by atoms with E-state index in [0.29, 0.717) is 5.82 Å². The van der Waals surface area contributed by atoms with Crippen LogP contribution in [0.2, 0.25) is 0 Å². The Labute approximate surface area is 144 Å². The number of thioether (sulfide) groups is 1. The van der Waals surface area contributed by atoms with Crippen LogP contribution in [0.5, 0.6) is 5.75 Å². The third-order valence-electron chi connectivity index (χ3n) is 3.39. The van der Waals surface area contributed by atoms with Gasteiger partial charge in [-0.05, 0) is 37.3 Å². The summed E-state index contributed by atoms with van der Waals surface area (Å²) in [5, 5.41) is 4.65. The molecule has 122 valence electrons. The summed E-state index contributed by atoms with van der Waals surface area (Å²) in [4.78, 5) is 21.0. The molecule has 0 bridgehead atoms. The molecule has 0 spiro atoms. The summed E-state index contributed by atoms with van der Waals surface area (Å²) in [5.74, 6) is 1.66. The fourth-order valence-electron chi connectivity index (χ4n) is 2.27. The van der Waals surface area contributed by atoms with Crippen molar-refractivity contribution < 1.29 is 9.53 Å². The second-order valence-corrected chi connectivity index (χ2v) is 6.12. The number of hydrogen-bond acceptors (Lipinski definition) is 5. The molecule has 3 aromatic rings. The van der Waals surface area contributed by atoms with Crippen LogP contribution >= 0.6 is 11.8 Å². The predicted octanol–water partition coefficient (Wildman–Crippen LogP) is 3.68. The maximum Gasteiger partial charge on any atom is 0.234 e. The molecule has 0 saturated carbocycles. The van der Waals surface area contributed by atoms with E-state index in [1.807, 2.05) is 55.5 Å². The first-order valence-corrected chi connectivity index (χ1v) is 8.44. The van der Waals surface area contributed by atoms with Crippen LogP contribution in [0, 0.1) is 6.92 Å². The third kappa shape index (κ3) is 3.83. The van der Waals surface area contributed by atoms with Gasteiger partial charge in [0, 0.05) is 11.1 Å². The molecule has 2 aromatic carbocycles. The number of benzene rings is 2. The topological polar surface area (TPSA) is 64.1 Å². The summed E-state index contributed by atoms with van der Waals surface area (Å²) in [5.41, 5.74) is 1.63. The zero-order valence-corrected chi connectivity index (χ0v) is 14.3. The summed E-state index contributed by atoms with van der Waals surface area (Å²) in [6.45, 7) is 1.86. The van der Waals surface area contributed by atoms with Gasteiger partial charge in [0.15, 0.2) is 0 Å². The fourth-order valence-corrected chi connectivity index (χ4v) is 3.14. The van der Waals surface area contributed by atoms with Gasteiger partial charge in [0.2, 0.25) is 5.91 Å². The first-order valence-electron chi connectivity index (χ1n) is 7.46. The Balaban J connectivity index is 1.68. The Morgan fingerprint density at radius 2 is 1.88 bits per heavy atom. The lowest BCUT2D eigenvalue weighted by atomic mass is 10.2. The second-order valence-electron chi connectivity index (χ2n) is 5.16. The first-order chi connectivity index (χ1) is 11.7. The van der Waals surface area contributed by atoms with E-state index in [9.17, 15) is 4.79 Å². The molecule has 0 fully saturated rings. The van der Waals surface area contributed by atoms with Gasteiger partial charge in [-0.2, -0.15) is 0 Å². The Bertz CT molecular complexity index is 866. The quantitative estimate of drug-likeness (QED) is 0.567. The Morgan fingerprint density at radius 3 is 2.62 bits per heavy atom. The lowest BCUT2D eigenvalue weighted by molar-refractivity contribution is -0.113. The molecule has 24 heavy (non-hydrogen) atoms. The van der Waals surface area contributed by atoms with Crippen LogP contribution in [0.4, 0.5) is 5.69 Å². The number of nitrogens with one attached hydrogen (secondary N) is 1. The van der Waals surface area contributed by atoms with Crippen molar-refractivity contribution in [1.29, 1.82) is 0 Å². The van der Waals surface area contributed by atoms with Crippen molar-refractivity contribution in [2.24, 2.45) is 0 Å². The van der Waals surface area contributed by atoms with Gasteiger partial charge in [0.05, 0.1) is 18.4 Å². The summed E-state index contributed by atoms with van der Waals surface area (Å²) < 4.78 is 5.10. The summed E-state index contributed by atoms with van der Waals surface area (Å²) >= 11 is 1.41. The highest BCUT2D eigenvalue weighted by atomic mass is 32.2. The van der Waals surface area contributed by atoms with Crippen molar-refractivity contribution in [1.82, 2.24) is 9.97 Å². The molecule has 0 saturated heterocycles. The van der Waals surface area contributed by atoms with Crippen LogP contribution in [0.15, 0.2) is 53.6 Å². The molecule has 0 aliphatic carbocycles. The molecule has 1 heterocycles. The maximum atomic E-state index is 12.2. The van der Waals surface area contributed by atoms with Crippen molar-refractivity contribution in [2.75, 3.05) is 18.2 Å². The van der Waals surface area contributed by atoms with Crippen LogP contribution < -0.4 is 10.1 Å². The average Bonchev–Trinajstić information content (AvgIpc) is 2.60. The van der Waals surface area contributed by atoms with Crippen molar-refractivity contribution in [2.45, 2.75) is 11.9 Å². The lowest BCUT2D eigenvalue weighted by Crippen LogP contribution is -2.14. The smallest absolute Gasteiger partial charge is 0.234 e. The summed E-state index contributed by atoms with van der Waals surface area (Å²) in [6.07, 6.45) is 0. The van der Waals surface area contributed by atoms with E-state index in [2.05, 4.69) is 15.3 Å². The van der Waals surface area contributed by atoms with Crippen molar-refractivity contribution in [3.63, 3.8) is 0 Å². The molecule has 1 amide bonds. The van der Waals surface area contributed by atoms with Gasteiger partial charge in [-0.1, -0.05) is 30.0 Å². The van der Waals surface area contributed by atoms with Gasteiger partial charge in [0.25, 0.3) is 0 Å². The molecule has 5 nitrogen and oxygen atoms in total. The van der Waals surface area contributed by atoms with Crippen molar-refractivity contribution >= 4 is 34.3 Å². The highest BCUT2D eigenvalue weighted by Crippen LogP contribution is 2.25. The minimum absolute atomic E-state index is 0.0782. The van der Waals surface area contributed by atoms with E-state index in [0.717, 1.165) is 27.4 Å². The van der Waals surface area contributed by atoms with Crippen LogP contribution in [0.1, 0.15) is 5.82 Å². The Hall–Kier alpha value is -2.60. The van der Waals surface area contributed by atoms with E-state index in [1.165, 1.54) is 11.8 Å². The van der Waals surface area contributed by atoms with Crippen LogP contribution in [0.25, 0.3) is 10.9 Å². The maximum absolute atomic E-state index is 12.2. The molecule has 0 atom stereocenters. The number of aromatic nitrogens is 2. The zero-order chi connectivity index (χ0) is 16.9. The fraction of sp³-hybridized carbons (Fsp3) is 0.167. The highest BCUT2D eigenvalue weighted by Gasteiger charge is 2.09. The number of methoxy groups -OCH3 is 1. The van der Waals surface area contributed by atoms with E-state index < -0.39 is 0 Å². The van der Waals surface area contributed by atoms with E-state index in [1.54, 1.807) is 7.11 Å². The number of carbonyl (C=O) groups excluding carboxylic acids is 1. The first kappa shape index (κ1) is 16.3. The van der Waals surface area contributed by atoms with Crippen molar-refractivity contribution in [3.8, 4) is 5.75 Å². The minimum atomic E-state index is -0.0782. The number of anilines is 1. The molecule has 0 aliphatic rings. The Kier molecular flexibility index (Phi) is 4.96. The van der Waals surface area contributed by atoms with Gasteiger partial charge in [0.1, 0.15) is 16.6 Å². The molecular formula is C18H17N3O2S. The van der Waals surface area contributed by atoms with Gasteiger partial charge in [-0.3, -0.25) is 4.79 Å². The van der Waals surface area contributed by atoms with Gasteiger partial charge in [-0.15, -0.1) is 0 Å². The summed E-state index contributed by atoms with van der Waals surface area (Å²) in [6, 6.07) is 15.1. The number of ether oxygens (including phenoxy) is 1. The lowest BCUT2D eigenvalue weighted by Gasteiger charge is -2.08. The number of amides is 1. The molecule has 6 heteroatoms. The molecule has 0 radical (unpaired) electrons. The van der Waals surface area contributed by atoms with Crippen LogP contribution in [0.3, 0.4) is 0 Å². The van der Waals surface area contributed by atoms with Crippen LogP contribution in [-0.2, 0) is 4.79 Å². The van der Waals surface area contributed by atoms with E-state index >= 15 is 0 Å². The molecule has 0 aliphatic heterocycles. The predicted molar refractivity (Wildman–Crippen MR) is 96.6 cm³/mol. The zero-order valence-electron chi connectivity index (χ0n) is 13.4. The number of nitrogens with zero attached hydrogens (tertiary/aromatic N) is 2. The molecular weight excluding hydrogens is 322 g/mol. The standard InChI is InChI=1S/C18H17N3O2S/c1-12-19-16-6-4-3-5-15(16)18(20-12)24-11-17(22)21-13-7-9-14(23-2)10-8-13/h3-10H,11H2,1-2H3,(H,21,22). The van der Waals surface area contributed by atoms with Crippen LogP contribution in [-0.4, -0.2) is 28.7 Å². The number of para-hydroxylation sites is 1. The van der Waals surface area contributed by atoms with Crippen molar-refractivity contribution in [3.05, 3.63) is 54.4 Å². The SMILES string of the molecule is COc1ccc(NC(=O)CSc2nc(C)nc3ccccc23)cc1. The Morgan fingerprint density at radius 1 is 1.12 bits per heavy atom. The monoisotopic (exact) mass is 339 g/mol. The number of aryl methyl sites for hydroxylation is 1. The molecule has 3 rings (SSSR count). The van der Waals surface area contributed by atoms with E-state index in [-0.39, 0.29) is 11.7 Å². The number of fused-ring (bicyclic) bond motifs is 1. The van der Waals surface area contributed by atoms with Gasteiger partial charge in [-0.25, -0.2) is 9.97 Å². The van der Waals surface area contributed by atoms with E-state index in [4.69, 9.17) is 4.74 Å². The second kappa shape index (κ2) is 7.31. The number of hydrogen-bond donors (Lipinski definition) is 1. The molecule has 0 unspecified atom stereocenters. The molecule has 1 aromatic heterocycles.